The van der Waals surface area contributed by atoms with Crippen molar-refractivity contribution < 1.29 is 33.2 Å². The predicted molar refractivity (Wildman–Crippen MR) is 170 cm³/mol. The first-order chi connectivity index (χ1) is 21.5. The first kappa shape index (κ1) is 28.7. The van der Waals surface area contributed by atoms with E-state index in [9.17, 15) is 4.79 Å². The van der Waals surface area contributed by atoms with Crippen LogP contribution >= 0.6 is 0 Å². The molecule has 44 heavy (non-hydrogen) atoms. The molecule has 0 N–H and O–H groups in total. The standard InChI is InChI=1S/C37H32O7/c1-39-26-15-11-24(12-16-26)37(25-13-17-27(40-2)18-14-25)21-20-30-34(36(38)43-5)33(23-10-19-31(41-3)32(22-23)42-4)28-8-6-7-9-29(28)35(30)44-37/h6-22H,1-5H3. The van der Waals surface area contributed by atoms with Crippen molar-refractivity contribution in [3.05, 3.63) is 119 Å². The highest BCUT2D eigenvalue weighted by Crippen LogP contribution is 2.50. The molecule has 0 aliphatic carbocycles. The van der Waals surface area contributed by atoms with Crippen LogP contribution < -0.4 is 23.7 Å². The lowest BCUT2D eigenvalue weighted by Crippen LogP contribution is -2.34. The van der Waals surface area contributed by atoms with Crippen LogP contribution in [0.15, 0.2) is 97.1 Å². The van der Waals surface area contributed by atoms with Crippen molar-refractivity contribution in [1.29, 1.82) is 0 Å². The van der Waals surface area contributed by atoms with Crippen LogP contribution in [-0.2, 0) is 10.3 Å². The number of carbonyl (C=O) groups excluding carboxylic acids is 1. The van der Waals surface area contributed by atoms with E-state index >= 15 is 0 Å². The molecule has 0 saturated carbocycles. The van der Waals surface area contributed by atoms with E-state index in [0.717, 1.165) is 39.0 Å². The van der Waals surface area contributed by atoms with Crippen molar-refractivity contribution >= 4 is 22.8 Å². The second-order valence-electron chi connectivity index (χ2n) is 10.2. The Morgan fingerprint density at radius 3 is 1.80 bits per heavy atom. The molecule has 222 valence electrons. The largest absolute Gasteiger partial charge is 0.497 e. The normalized spacial score (nSPS) is 13.0. The molecule has 0 spiro atoms. The minimum absolute atomic E-state index is 0.391. The van der Waals surface area contributed by atoms with Crippen LogP contribution in [0.2, 0.25) is 0 Å². The van der Waals surface area contributed by atoms with Crippen molar-refractivity contribution in [1.82, 2.24) is 0 Å². The van der Waals surface area contributed by atoms with E-state index in [1.165, 1.54) is 7.11 Å². The monoisotopic (exact) mass is 588 g/mol. The highest BCUT2D eigenvalue weighted by atomic mass is 16.5. The van der Waals surface area contributed by atoms with Gasteiger partial charge in [-0.2, -0.15) is 0 Å². The smallest absolute Gasteiger partial charge is 0.339 e. The van der Waals surface area contributed by atoms with Crippen molar-refractivity contribution in [2.24, 2.45) is 0 Å². The number of rotatable bonds is 8. The van der Waals surface area contributed by atoms with Crippen molar-refractivity contribution in [2.45, 2.75) is 5.60 Å². The molecular weight excluding hydrogens is 556 g/mol. The Morgan fingerprint density at radius 2 is 1.25 bits per heavy atom. The Hall–Kier alpha value is -5.43. The van der Waals surface area contributed by atoms with Crippen LogP contribution in [0.3, 0.4) is 0 Å². The summed E-state index contributed by atoms with van der Waals surface area (Å²) in [4.78, 5) is 13.6. The second kappa shape index (κ2) is 11.7. The van der Waals surface area contributed by atoms with Crippen LogP contribution in [0, 0.1) is 0 Å². The van der Waals surface area contributed by atoms with Gasteiger partial charge in [0.1, 0.15) is 17.2 Å². The lowest BCUT2D eigenvalue weighted by Gasteiger charge is -2.37. The highest BCUT2D eigenvalue weighted by molar-refractivity contribution is 6.14. The van der Waals surface area contributed by atoms with E-state index in [2.05, 4.69) is 0 Å². The van der Waals surface area contributed by atoms with Crippen LogP contribution in [0.5, 0.6) is 28.7 Å². The Balaban J connectivity index is 1.66. The molecule has 0 saturated heterocycles. The van der Waals surface area contributed by atoms with Gasteiger partial charge in [0.2, 0.25) is 0 Å². The van der Waals surface area contributed by atoms with E-state index in [-0.39, 0.29) is 0 Å². The van der Waals surface area contributed by atoms with Gasteiger partial charge in [-0.05, 0) is 59.5 Å². The number of fused-ring (bicyclic) bond motifs is 3. The maximum Gasteiger partial charge on any atom is 0.339 e. The van der Waals surface area contributed by atoms with Gasteiger partial charge in [0.05, 0.1) is 41.1 Å². The van der Waals surface area contributed by atoms with Gasteiger partial charge < -0.3 is 28.4 Å². The van der Waals surface area contributed by atoms with E-state index in [4.69, 9.17) is 28.4 Å². The van der Waals surface area contributed by atoms with Gasteiger partial charge in [0, 0.05) is 27.6 Å². The zero-order valence-corrected chi connectivity index (χ0v) is 25.2. The fourth-order valence-electron chi connectivity index (χ4n) is 5.85. The van der Waals surface area contributed by atoms with Crippen LogP contribution in [0.1, 0.15) is 27.0 Å². The Morgan fingerprint density at radius 1 is 0.659 bits per heavy atom. The summed E-state index contributed by atoms with van der Waals surface area (Å²) in [5, 5.41) is 1.67. The third kappa shape index (κ3) is 4.67. The summed E-state index contributed by atoms with van der Waals surface area (Å²) in [6, 6.07) is 29.1. The lowest BCUT2D eigenvalue weighted by atomic mass is 9.81. The predicted octanol–water partition coefficient (Wildman–Crippen LogP) is 7.68. The summed E-state index contributed by atoms with van der Waals surface area (Å²) in [5.41, 5.74) is 3.25. The summed E-state index contributed by atoms with van der Waals surface area (Å²) in [6.45, 7) is 0. The van der Waals surface area contributed by atoms with Gasteiger partial charge in [-0.3, -0.25) is 0 Å². The van der Waals surface area contributed by atoms with Crippen molar-refractivity contribution in [3.63, 3.8) is 0 Å². The molecule has 1 aliphatic heterocycles. The zero-order valence-electron chi connectivity index (χ0n) is 25.2. The first-order valence-electron chi connectivity index (χ1n) is 14.0. The Labute approximate surface area is 256 Å². The van der Waals surface area contributed by atoms with Crippen LogP contribution in [-0.4, -0.2) is 41.5 Å². The second-order valence-corrected chi connectivity index (χ2v) is 10.2. The van der Waals surface area contributed by atoms with Crippen molar-refractivity contribution in [2.75, 3.05) is 35.5 Å². The van der Waals surface area contributed by atoms with E-state index in [1.807, 2.05) is 103 Å². The van der Waals surface area contributed by atoms with Gasteiger partial charge in [-0.25, -0.2) is 4.79 Å². The summed E-state index contributed by atoms with van der Waals surface area (Å²) in [6.07, 6.45) is 3.94. The molecule has 7 heteroatoms. The molecule has 5 aromatic carbocycles. The van der Waals surface area contributed by atoms with Gasteiger partial charge in [-0.15, -0.1) is 0 Å². The van der Waals surface area contributed by atoms with E-state index in [0.29, 0.717) is 33.9 Å². The summed E-state index contributed by atoms with van der Waals surface area (Å²) in [5.74, 6) is 2.69. The summed E-state index contributed by atoms with van der Waals surface area (Å²) in [7, 11) is 7.83. The minimum atomic E-state index is -1.02. The number of carbonyl (C=O) groups is 1. The molecule has 1 heterocycles. The molecule has 7 nitrogen and oxygen atoms in total. The number of esters is 1. The molecule has 0 atom stereocenters. The topological polar surface area (TPSA) is 72.5 Å². The number of ether oxygens (including phenoxy) is 6. The lowest BCUT2D eigenvalue weighted by molar-refractivity contribution is 0.0600. The molecule has 1 aliphatic rings. The molecule has 0 unspecified atom stereocenters. The van der Waals surface area contributed by atoms with Crippen LogP contribution in [0.4, 0.5) is 0 Å². The molecular formula is C37H32O7. The van der Waals surface area contributed by atoms with Gasteiger partial charge in [0.25, 0.3) is 0 Å². The fraction of sp³-hybridized carbons (Fsp3) is 0.162. The number of hydrogen-bond donors (Lipinski definition) is 0. The number of benzene rings is 5. The third-order valence-corrected chi connectivity index (χ3v) is 8.05. The molecule has 6 rings (SSSR count). The minimum Gasteiger partial charge on any atom is -0.497 e. The summed E-state index contributed by atoms with van der Waals surface area (Å²) < 4.78 is 34.5. The zero-order chi connectivity index (χ0) is 30.8. The molecule has 0 radical (unpaired) electrons. The molecule has 0 amide bonds. The Kier molecular flexibility index (Phi) is 7.62. The molecule has 0 bridgehead atoms. The van der Waals surface area contributed by atoms with Crippen molar-refractivity contribution in [3.8, 4) is 39.9 Å². The molecule has 0 fully saturated rings. The highest BCUT2D eigenvalue weighted by Gasteiger charge is 2.40. The molecule has 0 aromatic heterocycles. The van der Waals surface area contributed by atoms with E-state index < -0.39 is 11.6 Å². The quantitative estimate of drug-likeness (QED) is 0.172. The van der Waals surface area contributed by atoms with Crippen LogP contribution in [0.25, 0.3) is 28.0 Å². The third-order valence-electron chi connectivity index (χ3n) is 8.05. The number of hydrogen-bond acceptors (Lipinski definition) is 7. The average Bonchev–Trinajstić information content (AvgIpc) is 3.10. The SMILES string of the molecule is COC(=O)c1c2c(c3ccccc3c1-c1ccc(OC)c(OC)c1)OC(c1ccc(OC)cc1)(c1ccc(OC)cc1)C=C2. The van der Waals surface area contributed by atoms with E-state index in [1.54, 1.807) is 28.4 Å². The maximum absolute atomic E-state index is 13.6. The Bertz CT molecular complexity index is 1820. The molecule has 5 aromatic rings. The first-order valence-corrected chi connectivity index (χ1v) is 14.0. The van der Waals surface area contributed by atoms with Gasteiger partial charge in [-0.1, -0.05) is 54.6 Å². The fourth-order valence-corrected chi connectivity index (χ4v) is 5.85. The van der Waals surface area contributed by atoms with Gasteiger partial charge in [0.15, 0.2) is 17.1 Å². The van der Waals surface area contributed by atoms with Gasteiger partial charge >= 0.3 is 5.97 Å². The average molecular weight is 589 g/mol. The summed E-state index contributed by atoms with van der Waals surface area (Å²) >= 11 is 0. The number of methoxy groups -OCH3 is 5. The maximum atomic E-state index is 13.6.